The maximum Gasteiger partial charge on any atom is 0.227 e. The molecule has 2 aromatic carbocycles. The number of aliphatic hydroxyl groups excluding tert-OH is 1. The first-order chi connectivity index (χ1) is 17.0. The number of rotatable bonds is 11. The van der Waals surface area contributed by atoms with Gasteiger partial charge in [-0.2, -0.15) is 5.10 Å². The zero-order valence-electron chi connectivity index (χ0n) is 20.6. The Morgan fingerprint density at radius 1 is 1.11 bits per heavy atom. The number of morpholine rings is 1. The van der Waals surface area contributed by atoms with Gasteiger partial charge in [0.15, 0.2) is 11.6 Å². The summed E-state index contributed by atoms with van der Waals surface area (Å²) >= 11 is 0. The van der Waals surface area contributed by atoms with E-state index in [1.807, 2.05) is 37.3 Å². The number of nitrogens with zero attached hydrogens (tertiary/aromatic N) is 4. The molecule has 0 radical (unpaired) electrons. The van der Waals surface area contributed by atoms with E-state index in [2.05, 4.69) is 16.7 Å². The number of ether oxygens (including phenoxy) is 2. The second-order valence-electron chi connectivity index (χ2n) is 8.95. The van der Waals surface area contributed by atoms with Crippen LogP contribution in [0.5, 0.6) is 11.6 Å². The second kappa shape index (κ2) is 12.3. The van der Waals surface area contributed by atoms with Crippen molar-refractivity contribution in [3.05, 3.63) is 71.7 Å². The SMILES string of the molecule is CCCN(Cc1c(C)nn(-c2ccccc2)c1Oc1ccccc1F)CC(O)CN1CCOCC1. The van der Waals surface area contributed by atoms with Gasteiger partial charge in [-0.3, -0.25) is 9.80 Å². The lowest BCUT2D eigenvalue weighted by molar-refractivity contribution is 0.00622. The van der Waals surface area contributed by atoms with Gasteiger partial charge in [0.25, 0.3) is 0 Å². The molecule has 7 nitrogen and oxygen atoms in total. The van der Waals surface area contributed by atoms with Gasteiger partial charge in [0.1, 0.15) is 0 Å². The van der Waals surface area contributed by atoms with Crippen molar-refractivity contribution < 1.29 is 19.0 Å². The molecule has 2 heterocycles. The van der Waals surface area contributed by atoms with Gasteiger partial charge < -0.3 is 14.6 Å². The summed E-state index contributed by atoms with van der Waals surface area (Å²) in [5.74, 6) is 0.214. The van der Waals surface area contributed by atoms with E-state index in [1.165, 1.54) is 6.07 Å². The first-order valence-corrected chi connectivity index (χ1v) is 12.3. The molecule has 0 bridgehead atoms. The fourth-order valence-corrected chi connectivity index (χ4v) is 4.41. The van der Waals surface area contributed by atoms with Crippen LogP contribution in [0.25, 0.3) is 5.69 Å². The predicted molar refractivity (Wildman–Crippen MR) is 134 cm³/mol. The summed E-state index contributed by atoms with van der Waals surface area (Å²) in [5.41, 5.74) is 2.52. The Kier molecular flexibility index (Phi) is 8.87. The number of aromatic nitrogens is 2. The van der Waals surface area contributed by atoms with Crippen molar-refractivity contribution in [2.75, 3.05) is 45.9 Å². The molecule has 3 aromatic rings. The number of aryl methyl sites for hydroxylation is 1. The number of para-hydroxylation sites is 2. The van der Waals surface area contributed by atoms with Gasteiger partial charge in [0, 0.05) is 32.7 Å². The molecule has 0 amide bonds. The maximum atomic E-state index is 14.5. The van der Waals surface area contributed by atoms with Crippen LogP contribution in [0, 0.1) is 12.7 Å². The van der Waals surface area contributed by atoms with E-state index in [1.54, 1.807) is 22.9 Å². The Labute approximate surface area is 206 Å². The number of hydrogen-bond donors (Lipinski definition) is 1. The van der Waals surface area contributed by atoms with E-state index >= 15 is 0 Å². The van der Waals surface area contributed by atoms with Gasteiger partial charge in [0.05, 0.1) is 36.3 Å². The summed E-state index contributed by atoms with van der Waals surface area (Å²) in [5, 5.41) is 15.6. The highest BCUT2D eigenvalue weighted by atomic mass is 19.1. The standard InChI is InChI=1S/C27H35FN4O3/c1-3-13-31(19-23(33)18-30-14-16-34-17-15-30)20-24-21(2)29-32(22-9-5-4-6-10-22)27(24)35-26-12-8-7-11-25(26)28/h4-12,23,33H,3,13-20H2,1-2H3. The fourth-order valence-electron chi connectivity index (χ4n) is 4.41. The van der Waals surface area contributed by atoms with Crippen molar-refractivity contribution >= 4 is 0 Å². The van der Waals surface area contributed by atoms with Gasteiger partial charge in [-0.15, -0.1) is 0 Å². The van der Waals surface area contributed by atoms with E-state index in [0.717, 1.165) is 43.0 Å². The molecule has 1 aromatic heterocycles. The third-order valence-electron chi connectivity index (χ3n) is 6.14. The topological polar surface area (TPSA) is 63.0 Å². The Morgan fingerprint density at radius 3 is 2.54 bits per heavy atom. The third-order valence-corrected chi connectivity index (χ3v) is 6.14. The van der Waals surface area contributed by atoms with Gasteiger partial charge in [-0.05, 0) is 44.2 Å². The predicted octanol–water partition coefficient (Wildman–Crippen LogP) is 4.02. The van der Waals surface area contributed by atoms with E-state index in [4.69, 9.17) is 14.6 Å². The molecule has 0 saturated carbocycles. The van der Waals surface area contributed by atoms with Crippen LogP contribution in [0.2, 0.25) is 0 Å². The summed E-state index contributed by atoms with van der Waals surface area (Å²) in [6.07, 6.45) is 0.458. The molecule has 4 rings (SSSR count). The monoisotopic (exact) mass is 482 g/mol. The van der Waals surface area contributed by atoms with Crippen LogP contribution < -0.4 is 4.74 Å². The molecule has 1 atom stereocenters. The number of hydrogen-bond acceptors (Lipinski definition) is 6. The smallest absolute Gasteiger partial charge is 0.227 e. The minimum atomic E-state index is -0.486. The summed E-state index contributed by atoms with van der Waals surface area (Å²) < 4.78 is 27.8. The van der Waals surface area contributed by atoms with Crippen LogP contribution in [-0.2, 0) is 11.3 Å². The molecule has 1 unspecified atom stereocenters. The van der Waals surface area contributed by atoms with E-state index in [9.17, 15) is 9.50 Å². The quantitative estimate of drug-likeness (QED) is 0.446. The number of halogens is 1. The lowest BCUT2D eigenvalue weighted by Gasteiger charge is -2.31. The van der Waals surface area contributed by atoms with Crippen LogP contribution in [-0.4, -0.2) is 76.7 Å². The molecule has 1 saturated heterocycles. The zero-order valence-corrected chi connectivity index (χ0v) is 20.6. The molecule has 0 aliphatic carbocycles. The number of benzene rings is 2. The van der Waals surface area contributed by atoms with Crippen molar-refractivity contribution in [3.63, 3.8) is 0 Å². The van der Waals surface area contributed by atoms with Crippen molar-refractivity contribution in [3.8, 4) is 17.3 Å². The highest BCUT2D eigenvalue weighted by Gasteiger charge is 2.24. The van der Waals surface area contributed by atoms with E-state index < -0.39 is 11.9 Å². The molecule has 188 valence electrons. The summed E-state index contributed by atoms with van der Waals surface area (Å²) in [4.78, 5) is 4.46. The highest BCUT2D eigenvalue weighted by molar-refractivity contribution is 5.43. The largest absolute Gasteiger partial charge is 0.435 e. The molecule has 1 aliphatic rings. The van der Waals surface area contributed by atoms with Crippen LogP contribution >= 0.6 is 0 Å². The summed E-state index contributed by atoms with van der Waals surface area (Å²) in [6.45, 7) is 9.66. The van der Waals surface area contributed by atoms with E-state index in [-0.39, 0.29) is 5.75 Å². The highest BCUT2D eigenvalue weighted by Crippen LogP contribution is 2.32. The first-order valence-electron chi connectivity index (χ1n) is 12.3. The molecule has 8 heteroatoms. The first kappa shape index (κ1) is 25.3. The van der Waals surface area contributed by atoms with Crippen molar-refractivity contribution in [2.24, 2.45) is 0 Å². The Morgan fingerprint density at radius 2 is 1.83 bits per heavy atom. The van der Waals surface area contributed by atoms with Crippen LogP contribution in [0.3, 0.4) is 0 Å². The molecule has 1 fully saturated rings. The summed E-state index contributed by atoms with van der Waals surface area (Å²) in [7, 11) is 0. The normalized spacial score (nSPS) is 15.5. The van der Waals surface area contributed by atoms with E-state index in [0.29, 0.717) is 38.7 Å². The average Bonchev–Trinajstić information content (AvgIpc) is 3.16. The van der Waals surface area contributed by atoms with Gasteiger partial charge in [0.2, 0.25) is 5.88 Å². The number of aliphatic hydroxyl groups is 1. The van der Waals surface area contributed by atoms with Gasteiger partial charge in [-0.1, -0.05) is 37.3 Å². The molecular formula is C27H35FN4O3. The molecule has 1 aliphatic heterocycles. The van der Waals surface area contributed by atoms with Crippen LogP contribution in [0.4, 0.5) is 4.39 Å². The van der Waals surface area contributed by atoms with Crippen LogP contribution in [0.15, 0.2) is 54.6 Å². The van der Waals surface area contributed by atoms with Crippen molar-refractivity contribution in [2.45, 2.75) is 32.9 Å². The molecule has 0 spiro atoms. The maximum absolute atomic E-state index is 14.5. The zero-order chi connectivity index (χ0) is 24.6. The van der Waals surface area contributed by atoms with Crippen molar-refractivity contribution in [1.82, 2.24) is 19.6 Å². The lowest BCUT2D eigenvalue weighted by Crippen LogP contribution is -2.44. The minimum Gasteiger partial charge on any atom is -0.435 e. The Balaban J connectivity index is 1.60. The molecular weight excluding hydrogens is 447 g/mol. The summed E-state index contributed by atoms with van der Waals surface area (Å²) in [6, 6.07) is 16.1. The molecule has 35 heavy (non-hydrogen) atoms. The van der Waals surface area contributed by atoms with Gasteiger partial charge >= 0.3 is 0 Å². The minimum absolute atomic E-state index is 0.153. The number of β-amino-alcohol motifs (C(OH)–C–C–N with tert-alkyl or cyclic N) is 1. The second-order valence-corrected chi connectivity index (χ2v) is 8.95. The Bertz CT molecular complexity index is 1070. The van der Waals surface area contributed by atoms with Crippen LogP contribution in [0.1, 0.15) is 24.6 Å². The van der Waals surface area contributed by atoms with Crippen molar-refractivity contribution in [1.29, 1.82) is 0 Å². The third kappa shape index (κ3) is 6.67. The van der Waals surface area contributed by atoms with Gasteiger partial charge in [-0.25, -0.2) is 9.07 Å². The average molecular weight is 483 g/mol. The fraction of sp³-hybridized carbons (Fsp3) is 0.444. The molecule has 1 N–H and O–H groups in total. The lowest BCUT2D eigenvalue weighted by atomic mass is 10.2. The Hall–Kier alpha value is -2.78.